The lowest BCUT2D eigenvalue weighted by Gasteiger charge is -2.12. The first-order valence-corrected chi connectivity index (χ1v) is 14.5. The normalized spacial score (nSPS) is 11.1. The Labute approximate surface area is 252 Å². The molecule has 0 aliphatic heterocycles. The van der Waals surface area contributed by atoms with Crippen molar-refractivity contribution < 1.29 is 14.4 Å². The third-order valence-electron chi connectivity index (χ3n) is 6.25. The Balaban J connectivity index is 1.21. The number of hydrogen-bond acceptors (Lipinski definition) is 4. The summed E-state index contributed by atoms with van der Waals surface area (Å²) in [7, 11) is 0. The minimum Gasteiger partial charge on any atom is -0.325 e. The highest BCUT2D eigenvalue weighted by atomic mass is 35.5. The number of rotatable bonds is 9. The number of fused-ring (bicyclic) bond motifs is 1. The summed E-state index contributed by atoms with van der Waals surface area (Å²) in [5.41, 5.74) is 2.33. The Morgan fingerprint density at radius 1 is 0.690 bits per heavy atom. The van der Waals surface area contributed by atoms with Gasteiger partial charge in [-0.25, -0.2) is 0 Å². The number of thioether (sulfide) groups is 1. The summed E-state index contributed by atoms with van der Waals surface area (Å²) in [6.45, 7) is 0. The lowest BCUT2D eigenvalue weighted by atomic mass is 10.1. The molecule has 3 amide bonds. The Morgan fingerprint density at radius 3 is 2.12 bits per heavy atom. The number of halogens is 1. The van der Waals surface area contributed by atoms with Gasteiger partial charge >= 0.3 is 0 Å². The first-order valence-electron chi connectivity index (χ1n) is 13.1. The van der Waals surface area contributed by atoms with Crippen LogP contribution in [-0.4, -0.2) is 23.5 Å². The van der Waals surface area contributed by atoms with Gasteiger partial charge in [0.1, 0.15) is 5.70 Å². The fourth-order valence-corrected chi connectivity index (χ4v) is 5.02. The van der Waals surface area contributed by atoms with Crippen LogP contribution in [0.4, 0.5) is 11.4 Å². The summed E-state index contributed by atoms with van der Waals surface area (Å²) in [6, 6.07) is 36.6. The Bertz CT molecular complexity index is 1770. The molecule has 0 aliphatic rings. The molecule has 0 atom stereocenters. The number of carbonyl (C=O) groups excluding carboxylic acids is 3. The highest BCUT2D eigenvalue weighted by molar-refractivity contribution is 8.00. The molecule has 0 heterocycles. The van der Waals surface area contributed by atoms with Crippen LogP contribution in [0, 0.1) is 0 Å². The third-order valence-corrected chi connectivity index (χ3v) is 7.61. The van der Waals surface area contributed by atoms with E-state index in [0.29, 0.717) is 21.8 Å². The van der Waals surface area contributed by atoms with Crippen LogP contribution in [0.25, 0.3) is 16.8 Å². The molecular formula is C34H26ClN3O3S. The van der Waals surface area contributed by atoms with Crippen LogP contribution in [-0.2, 0) is 9.59 Å². The second-order valence-corrected chi connectivity index (χ2v) is 10.7. The summed E-state index contributed by atoms with van der Waals surface area (Å²) >= 11 is 7.69. The second kappa shape index (κ2) is 13.7. The number of hydrogen-bond donors (Lipinski definition) is 3. The van der Waals surface area contributed by atoms with Crippen molar-refractivity contribution in [3.05, 3.63) is 143 Å². The molecule has 42 heavy (non-hydrogen) atoms. The monoisotopic (exact) mass is 591 g/mol. The first kappa shape index (κ1) is 28.7. The molecule has 0 aliphatic carbocycles. The van der Waals surface area contributed by atoms with Crippen molar-refractivity contribution in [1.82, 2.24) is 5.32 Å². The van der Waals surface area contributed by atoms with Gasteiger partial charge in [-0.2, -0.15) is 0 Å². The van der Waals surface area contributed by atoms with E-state index in [-0.39, 0.29) is 17.4 Å². The van der Waals surface area contributed by atoms with Crippen LogP contribution < -0.4 is 16.0 Å². The molecule has 208 valence electrons. The van der Waals surface area contributed by atoms with Crippen molar-refractivity contribution in [3.63, 3.8) is 0 Å². The van der Waals surface area contributed by atoms with Gasteiger partial charge in [-0.1, -0.05) is 78.3 Å². The molecular weight excluding hydrogens is 566 g/mol. The summed E-state index contributed by atoms with van der Waals surface area (Å²) in [5.74, 6) is -0.808. The van der Waals surface area contributed by atoms with Crippen molar-refractivity contribution in [1.29, 1.82) is 0 Å². The molecule has 3 N–H and O–H groups in total. The molecule has 5 aromatic carbocycles. The molecule has 5 rings (SSSR count). The van der Waals surface area contributed by atoms with E-state index in [2.05, 4.69) is 16.0 Å². The molecule has 0 saturated carbocycles. The van der Waals surface area contributed by atoms with E-state index in [1.54, 1.807) is 60.7 Å². The van der Waals surface area contributed by atoms with E-state index in [4.69, 9.17) is 11.6 Å². The van der Waals surface area contributed by atoms with Gasteiger partial charge in [-0.15, -0.1) is 11.8 Å². The van der Waals surface area contributed by atoms with E-state index in [9.17, 15) is 14.4 Å². The average molecular weight is 592 g/mol. The van der Waals surface area contributed by atoms with Crippen molar-refractivity contribution >= 4 is 69.3 Å². The van der Waals surface area contributed by atoms with Crippen LogP contribution in [0.1, 0.15) is 15.9 Å². The van der Waals surface area contributed by atoms with Gasteiger partial charge in [0.15, 0.2) is 0 Å². The Morgan fingerprint density at radius 2 is 1.36 bits per heavy atom. The number of nitrogens with one attached hydrogen (secondary N) is 3. The first-order chi connectivity index (χ1) is 20.4. The van der Waals surface area contributed by atoms with Crippen molar-refractivity contribution in [2.24, 2.45) is 0 Å². The van der Waals surface area contributed by atoms with Crippen LogP contribution in [0.3, 0.4) is 0 Å². The molecule has 0 spiro atoms. The van der Waals surface area contributed by atoms with Crippen molar-refractivity contribution in [3.8, 4) is 0 Å². The quantitative estimate of drug-likeness (QED) is 0.121. The van der Waals surface area contributed by atoms with Gasteiger partial charge in [0.05, 0.1) is 5.75 Å². The molecule has 0 bridgehead atoms. The number of amides is 3. The fourth-order valence-electron chi connectivity index (χ4n) is 4.14. The SMILES string of the molecule is O=C(CSc1ccc(NC(=O)/C(=C/c2ccccc2Cl)NC(=O)c2ccccc2)cc1)Nc1ccc2ccccc2c1. The van der Waals surface area contributed by atoms with E-state index in [1.807, 2.05) is 60.7 Å². The maximum atomic E-state index is 13.3. The predicted molar refractivity (Wildman–Crippen MR) is 172 cm³/mol. The van der Waals surface area contributed by atoms with Crippen molar-refractivity contribution in [2.75, 3.05) is 16.4 Å². The highest BCUT2D eigenvalue weighted by Gasteiger charge is 2.16. The standard InChI is InChI=1S/C34H26ClN3O3S/c35-30-13-7-6-12-26(30)21-31(38-33(40)24-9-2-1-3-10-24)34(41)37-27-16-18-29(19-17-27)42-22-32(39)36-28-15-14-23-8-4-5-11-25(23)20-28/h1-21H,22H2,(H,36,39)(H,37,41)(H,38,40)/b31-21-. The van der Waals surface area contributed by atoms with E-state index in [1.165, 1.54) is 17.8 Å². The molecule has 0 radical (unpaired) electrons. The number of anilines is 2. The summed E-state index contributed by atoms with van der Waals surface area (Å²) in [5, 5.41) is 11.1. The molecule has 6 nitrogen and oxygen atoms in total. The lowest BCUT2D eigenvalue weighted by molar-refractivity contribution is -0.114. The summed E-state index contributed by atoms with van der Waals surface area (Å²) < 4.78 is 0. The lowest BCUT2D eigenvalue weighted by Crippen LogP contribution is -2.30. The summed E-state index contributed by atoms with van der Waals surface area (Å²) in [6.07, 6.45) is 1.54. The van der Waals surface area contributed by atoms with Crippen molar-refractivity contribution in [2.45, 2.75) is 4.90 Å². The Hall–Kier alpha value is -4.85. The number of carbonyl (C=O) groups is 3. The largest absolute Gasteiger partial charge is 0.325 e. The third kappa shape index (κ3) is 7.66. The van der Waals surface area contributed by atoms with Crippen LogP contribution in [0.2, 0.25) is 5.02 Å². The minimum absolute atomic E-state index is 0.0424. The summed E-state index contributed by atoms with van der Waals surface area (Å²) in [4.78, 5) is 39.5. The zero-order chi connectivity index (χ0) is 29.3. The zero-order valence-corrected chi connectivity index (χ0v) is 23.9. The smallest absolute Gasteiger partial charge is 0.272 e. The average Bonchev–Trinajstić information content (AvgIpc) is 3.01. The minimum atomic E-state index is -0.505. The maximum absolute atomic E-state index is 13.3. The maximum Gasteiger partial charge on any atom is 0.272 e. The van der Waals surface area contributed by atoms with Gasteiger partial charge in [-0.05, 0) is 77.0 Å². The van der Waals surface area contributed by atoms with E-state index in [0.717, 1.165) is 21.4 Å². The van der Waals surface area contributed by atoms with Crippen LogP contribution in [0.15, 0.2) is 132 Å². The molecule has 8 heteroatoms. The van der Waals surface area contributed by atoms with E-state index < -0.39 is 11.8 Å². The molecule has 0 saturated heterocycles. The Kier molecular flexibility index (Phi) is 9.33. The zero-order valence-electron chi connectivity index (χ0n) is 22.3. The van der Waals surface area contributed by atoms with Gasteiger partial charge < -0.3 is 16.0 Å². The molecule has 0 aromatic heterocycles. The van der Waals surface area contributed by atoms with Gasteiger partial charge in [-0.3, -0.25) is 14.4 Å². The highest BCUT2D eigenvalue weighted by Crippen LogP contribution is 2.23. The van der Waals surface area contributed by atoms with Gasteiger partial charge in [0.2, 0.25) is 5.91 Å². The second-order valence-electron chi connectivity index (χ2n) is 9.28. The van der Waals surface area contributed by atoms with Gasteiger partial charge in [0.25, 0.3) is 11.8 Å². The molecule has 5 aromatic rings. The van der Waals surface area contributed by atoms with Crippen LogP contribution in [0.5, 0.6) is 0 Å². The fraction of sp³-hybridized carbons (Fsp3) is 0.0294. The number of benzene rings is 5. The molecule has 0 fully saturated rings. The van der Waals surface area contributed by atoms with Crippen LogP contribution >= 0.6 is 23.4 Å². The topological polar surface area (TPSA) is 87.3 Å². The molecule has 0 unspecified atom stereocenters. The van der Waals surface area contributed by atoms with Gasteiger partial charge in [0, 0.05) is 26.9 Å². The predicted octanol–water partition coefficient (Wildman–Crippen LogP) is 7.63. The van der Waals surface area contributed by atoms with E-state index >= 15 is 0 Å².